The van der Waals surface area contributed by atoms with E-state index in [9.17, 15) is 18.0 Å². The zero-order valence-corrected chi connectivity index (χ0v) is 16.3. The summed E-state index contributed by atoms with van der Waals surface area (Å²) in [5.74, 6) is 0.941. The lowest BCUT2D eigenvalue weighted by Gasteiger charge is -2.13. The Morgan fingerprint density at radius 2 is 2.14 bits per heavy atom. The van der Waals surface area contributed by atoms with Gasteiger partial charge in [0.25, 0.3) is 11.5 Å². The van der Waals surface area contributed by atoms with Crippen LogP contribution in [0.25, 0.3) is 10.9 Å². The number of amides is 1. The molecule has 2 aliphatic heterocycles. The van der Waals surface area contributed by atoms with Crippen LogP contribution in [0.4, 0.5) is 0 Å². The molecule has 9 heteroatoms. The molecule has 1 saturated heterocycles. The van der Waals surface area contributed by atoms with Crippen LogP contribution in [0.15, 0.2) is 23.0 Å². The van der Waals surface area contributed by atoms with E-state index in [1.165, 1.54) is 0 Å². The Balaban J connectivity index is 1.47. The van der Waals surface area contributed by atoms with Gasteiger partial charge in [-0.05, 0) is 37.5 Å². The molecule has 1 N–H and O–H groups in total. The molecule has 0 unspecified atom stereocenters. The van der Waals surface area contributed by atoms with E-state index >= 15 is 0 Å². The summed E-state index contributed by atoms with van der Waals surface area (Å²) in [5, 5.41) is 3.16. The van der Waals surface area contributed by atoms with Gasteiger partial charge in [-0.3, -0.25) is 14.2 Å². The van der Waals surface area contributed by atoms with Crippen LogP contribution < -0.4 is 15.6 Å². The van der Waals surface area contributed by atoms with Gasteiger partial charge in [0.15, 0.2) is 16.4 Å². The molecule has 0 saturated carbocycles. The summed E-state index contributed by atoms with van der Waals surface area (Å²) in [7, 11) is -3.05. The average Bonchev–Trinajstić information content (AvgIpc) is 2.85. The molecule has 1 atom stereocenters. The lowest BCUT2D eigenvalue weighted by molar-refractivity contribution is -0.123. The predicted molar refractivity (Wildman–Crippen MR) is 104 cm³/mol. The minimum absolute atomic E-state index is 0.0255. The van der Waals surface area contributed by atoms with Crippen molar-refractivity contribution in [1.29, 1.82) is 0 Å². The molecule has 0 spiro atoms. The second-order valence-electron chi connectivity index (χ2n) is 7.43. The van der Waals surface area contributed by atoms with Gasteiger partial charge in [-0.25, -0.2) is 13.4 Å². The van der Waals surface area contributed by atoms with Crippen LogP contribution in [0.5, 0.6) is 5.75 Å². The minimum Gasteiger partial charge on any atom is -0.484 e. The number of ether oxygens (including phenoxy) is 1. The maximum atomic E-state index is 12.8. The number of sulfone groups is 1. The van der Waals surface area contributed by atoms with Crippen molar-refractivity contribution in [1.82, 2.24) is 14.9 Å². The number of carbonyl (C=O) groups is 1. The molecule has 2 aromatic rings. The lowest BCUT2D eigenvalue weighted by Crippen LogP contribution is -2.38. The molecule has 0 bridgehead atoms. The molecular formula is C19H23N3O5S. The molecule has 1 aromatic heterocycles. The Hall–Kier alpha value is -2.42. The van der Waals surface area contributed by atoms with Gasteiger partial charge in [0, 0.05) is 19.0 Å². The standard InChI is InChI=1S/C19H23N3O5S/c23-18(20-13-7-9-28(25,26)12-13)11-27-14-5-6-16-15(10-14)19(24)22-8-3-1-2-4-17(22)21-16/h5-6,10,13H,1-4,7-9,11-12H2,(H,20,23)/t13-/m1/s1. The van der Waals surface area contributed by atoms with Crippen LogP contribution in [0.1, 0.15) is 31.5 Å². The van der Waals surface area contributed by atoms with E-state index in [1.807, 2.05) is 0 Å². The number of benzene rings is 1. The molecule has 3 heterocycles. The first-order valence-electron chi connectivity index (χ1n) is 9.57. The molecule has 1 aromatic carbocycles. The first-order valence-corrected chi connectivity index (χ1v) is 11.4. The fraction of sp³-hybridized carbons (Fsp3) is 0.526. The number of nitrogens with zero attached hydrogens (tertiary/aromatic N) is 2. The third-order valence-corrected chi connectivity index (χ3v) is 7.02. The third-order valence-electron chi connectivity index (χ3n) is 5.25. The number of nitrogens with one attached hydrogen (secondary N) is 1. The maximum Gasteiger partial charge on any atom is 0.261 e. The molecule has 150 valence electrons. The Kier molecular flexibility index (Phi) is 5.09. The fourth-order valence-electron chi connectivity index (χ4n) is 3.81. The number of hydrogen-bond acceptors (Lipinski definition) is 6. The highest BCUT2D eigenvalue weighted by molar-refractivity contribution is 7.91. The molecule has 8 nitrogen and oxygen atoms in total. The van der Waals surface area contributed by atoms with Crippen molar-refractivity contribution in [3.05, 3.63) is 34.4 Å². The van der Waals surface area contributed by atoms with E-state index in [-0.39, 0.29) is 35.6 Å². The van der Waals surface area contributed by atoms with E-state index in [2.05, 4.69) is 10.3 Å². The third kappa shape index (κ3) is 4.04. The van der Waals surface area contributed by atoms with Crippen molar-refractivity contribution in [3.63, 3.8) is 0 Å². The normalized spacial score (nSPS) is 21.1. The number of hydrogen-bond donors (Lipinski definition) is 1. The molecule has 0 aliphatic carbocycles. The van der Waals surface area contributed by atoms with Gasteiger partial charge in [-0.2, -0.15) is 0 Å². The Morgan fingerprint density at radius 3 is 2.93 bits per heavy atom. The van der Waals surface area contributed by atoms with E-state index in [4.69, 9.17) is 4.74 Å². The second-order valence-corrected chi connectivity index (χ2v) is 9.66. The summed E-state index contributed by atoms with van der Waals surface area (Å²) in [5.41, 5.74) is 0.555. The highest BCUT2D eigenvalue weighted by Crippen LogP contribution is 2.20. The van der Waals surface area contributed by atoms with Crippen LogP contribution >= 0.6 is 0 Å². The monoisotopic (exact) mass is 405 g/mol. The quantitative estimate of drug-likeness (QED) is 0.806. The van der Waals surface area contributed by atoms with Crippen LogP contribution in [0.2, 0.25) is 0 Å². The van der Waals surface area contributed by atoms with Gasteiger partial charge >= 0.3 is 0 Å². The van der Waals surface area contributed by atoms with Gasteiger partial charge in [0.1, 0.15) is 11.6 Å². The number of rotatable bonds is 4. The summed E-state index contributed by atoms with van der Waals surface area (Å²) < 4.78 is 30.2. The van der Waals surface area contributed by atoms with E-state index < -0.39 is 9.84 Å². The summed E-state index contributed by atoms with van der Waals surface area (Å²) in [6.45, 7) is 0.441. The van der Waals surface area contributed by atoms with Gasteiger partial charge in [0.2, 0.25) is 0 Å². The molecule has 1 amide bonds. The summed E-state index contributed by atoms with van der Waals surface area (Å²) >= 11 is 0. The van der Waals surface area contributed by atoms with Crippen LogP contribution in [-0.4, -0.2) is 48.0 Å². The SMILES string of the molecule is O=C(COc1ccc2nc3n(c(=O)c2c1)CCCCC3)N[C@@H]1CCS(=O)(=O)C1. The average molecular weight is 405 g/mol. The van der Waals surface area contributed by atoms with Gasteiger partial charge in [-0.15, -0.1) is 0 Å². The van der Waals surface area contributed by atoms with E-state index in [0.29, 0.717) is 29.6 Å². The summed E-state index contributed by atoms with van der Waals surface area (Å²) in [6.07, 6.45) is 4.33. The van der Waals surface area contributed by atoms with Crippen molar-refractivity contribution in [2.75, 3.05) is 18.1 Å². The van der Waals surface area contributed by atoms with Crippen molar-refractivity contribution in [2.45, 2.75) is 44.7 Å². The summed E-state index contributed by atoms with van der Waals surface area (Å²) in [6, 6.07) is 4.69. The highest BCUT2D eigenvalue weighted by Gasteiger charge is 2.28. The van der Waals surface area contributed by atoms with Gasteiger partial charge in [0.05, 0.1) is 22.4 Å². The first kappa shape index (κ1) is 18.9. The maximum absolute atomic E-state index is 12.8. The lowest BCUT2D eigenvalue weighted by atomic mass is 10.2. The van der Waals surface area contributed by atoms with Crippen molar-refractivity contribution >= 4 is 26.6 Å². The van der Waals surface area contributed by atoms with Gasteiger partial charge < -0.3 is 10.1 Å². The Morgan fingerprint density at radius 1 is 1.29 bits per heavy atom. The number of aromatic nitrogens is 2. The van der Waals surface area contributed by atoms with Crippen molar-refractivity contribution in [2.24, 2.45) is 0 Å². The number of carbonyl (C=O) groups excluding carboxylic acids is 1. The highest BCUT2D eigenvalue weighted by atomic mass is 32.2. The summed E-state index contributed by atoms with van der Waals surface area (Å²) in [4.78, 5) is 29.5. The second kappa shape index (κ2) is 7.54. The van der Waals surface area contributed by atoms with Crippen molar-refractivity contribution in [3.8, 4) is 5.75 Å². The first-order chi connectivity index (χ1) is 13.4. The molecule has 4 rings (SSSR count). The smallest absolute Gasteiger partial charge is 0.261 e. The predicted octanol–water partition coefficient (Wildman–Crippen LogP) is 0.805. The van der Waals surface area contributed by atoms with Crippen LogP contribution in [0, 0.1) is 0 Å². The van der Waals surface area contributed by atoms with Crippen LogP contribution in [0.3, 0.4) is 0 Å². The van der Waals surface area contributed by atoms with Crippen LogP contribution in [-0.2, 0) is 27.6 Å². The van der Waals surface area contributed by atoms with E-state index in [1.54, 1.807) is 22.8 Å². The molecule has 28 heavy (non-hydrogen) atoms. The Bertz CT molecular complexity index is 1080. The zero-order valence-electron chi connectivity index (χ0n) is 15.5. The fourth-order valence-corrected chi connectivity index (χ4v) is 5.49. The van der Waals surface area contributed by atoms with Crippen molar-refractivity contribution < 1.29 is 17.9 Å². The molecule has 1 fully saturated rings. The molecule has 2 aliphatic rings. The van der Waals surface area contributed by atoms with E-state index in [0.717, 1.165) is 31.5 Å². The number of aryl methyl sites for hydroxylation is 1. The molecular weight excluding hydrogens is 382 g/mol. The Labute approximate surface area is 162 Å². The largest absolute Gasteiger partial charge is 0.484 e. The number of fused-ring (bicyclic) bond motifs is 2. The topological polar surface area (TPSA) is 107 Å². The van der Waals surface area contributed by atoms with Gasteiger partial charge in [-0.1, -0.05) is 6.42 Å². The zero-order chi connectivity index (χ0) is 19.7. The minimum atomic E-state index is -3.05. The molecule has 0 radical (unpaired) electrons.